The van der Waals surface area contributed by atoms with Crippen molar-refractivity contribution in [3.63, 3.8) is 0 Å². The standard InChI is InChI=1S/C12H24N4O2/c1-3-5-10(16-12(13)18)11(17)15-9-6-4-7-14-8(9)2/h8-10,14H,3-7H2,1-2H3,(H,15,17)(H3,13,16,18)/t8?,9?,10-/m1/s1. The molecular weight excluding hydrogens is 232 g/mol. The molecule has 1 heterocycles. The van der Waals surface area contributed by atoms with E-state index < -0.39 is 12.1 Å². The number of carbonyl (C=O) groups excluding carboxylic acids is 2. The van der Waals surface area contributed by atoms with Crippen LogP contribution in [0.4, 0.5) is 4.79 Å². The highest BCUT2D eigenvalue weighted by Gasteiger charge is 2.26. The van der Waals surface area contributed by atoms with Gasteiger partial charge in [0.2, 0.25) is 5.91 Å². The Labute approximate surface area is 108 Å². The second-order valence-electron chi connectivity index (χ2n) is 4.85. The molecular formula is C12H24N4O2. The SMILES string of the molecule is CCC[C@@H](NC(N)=O)C(=O)NC1CCCNC1C. The highest BCUT2D eigenvalue weighted by atomic mass is 16.2. The third-order valence-corrected chi connectivity index (χ3v) is 3.30. The first-order valence-electron chi connectivity index (χ1n) is 6.64. The van der Waals surface area contributed by atoms with Crippen LogP contribution >= 0.6 is 0 Å². The summed E-state index contributed by atoms with van der Waals surface area (Å²) in [7, 11) is 0. The number of piperidine rings is 1. The van der Waals surface area contributed by atoms with Gasteiger partial charge in [-0.3, -0.25) is 4.79 Å². The van der Waals surface area contributed by atoms with Gasteiger partial charge in [0.25, 0.3) is 0 Å². The van der Waals surface area contributed by atoms with E-state index in [1.165, 1.54) is 0 Å². The van der Waals surface area contributed by atoms with Gasteiger partial charge in [-0.1, -0.05) is 13.3 Å². The first-order chi connectivity index (χ1) is 8.54. The van der Waals surface area contributed by atoms with Crippen LogP contribution < -0.4 is 21.7 Å². The van der Waals surface area contributed by atoms with Gasteiger partial charge in [0.05, 0.1) is 0 Å². The van der Waals surface area contributed by atoms with Crippen molar-refractivity contribution in [2.24, 2.45) is 5.73 Å². The summed E-state index contributed by atoms with van der Waals surface area (Å²) in [4.78, 5) is 22.9. The fourth-order valence-corrected chi connectivity index (χ4v) is 2.25. The number of carbonyl (C=O) groups is 2. The van der Waals surface area contributed by atoms with Gasteiger partial charge in [-0.15, -0.1) is 0 Å². The molecule has 0 bridgehead atoms. The van der Waals surface area contributed by atoms with Crippen LogP contribution in [0.1, 0.15) is 39.5 Å². The van der Waals surface area contributed by atoms with Crippen molar-refractivity contribution in [3.8, 4) is 0 Å². The van der Waals surface area contributed by atoms with Crippen molar-refractivity contribution >= 4 is 11.9 Å². The zero-order chi connectivity index (χ0) is 13.5. The van der Waals surface area contributed by atoms with E-state index in [0.29, 0.717) is 6.42 Å². The van der Waals surface area contributed by atoms with Crippen molar-refractivity contribution in [2.45, 2.75) is 57.7 Å². The minimum Gasteiger partial charge on any atom is -0.352 e. The van der Waals surface area contributed by atoms with Crippen LogP contribution in [0.5, 0.6) is 0 Å². The fraction of sp³-hybridized carbons (Fsp3) is 0.833. The third kappa shape index (κ3) is 4.52. The van der Waals surface area contributed by atoms with E-state index >= 15 is 0 Å². The van der Waals surface area contributed by atoms with Gasteiger partial charge in [-0.05, 0) is 32.7 Å². The molecule has 1 aliphatic rings. The highest BCUT2D eigenvalue weighted by molar-refractivity contribution is 5.86. The Morgan fingerprint density at radius 1 is 1.50 bits per heavy atom. The molecule has 0 radical (unpaired) electrons. The topological polar surface area (TPSA) is 96.2 Å². The number of hydrogen-bond acceptors (Lipinski definition) is 3. The van der Waals surface area contributed by atoms with E-state index in [-0.39, 0.29) is 18.0 Å². The maximum atomic E-state index is 12.1. The van der Waals surface area contributed by atoms with E-state index in [1.54, 1.807) is 0 Å². The van der Waals surface area contributed by atoms with Crippen molar-refractivity contribution in [1.29, 1.82) is 0 Å². The molecule has 2 unspecified atom stereocenters. The molecule has 5 N–H and O–H groups in total. The lowest BCUT2D eigenvalue weighted by molar-refractivity contribution is -0.124. The Morgan fingerprint density at radius 2 is 2.22 bits per heavy atom. The van der Waals surface area contributed by atoms with E-state index in [0.717, 1.165) is 25.8 Å². The molecule has 18 heavy (non-hydrogen) atoms. The molecule has 6 heteroatoms. The zero-order valence-corrected chi connectivity index (χ0v) is 11.2. The minimum atomic E-state index is -0.654. The molecule has 0 saturated carbocycles. The Hall–Kier alpha value is -1.30. The summed E-state index contributed by atoms with van der Waals surface area (Å²) in [6.45, 7) is 5.01. The summed E-state index contributed by atoms with van der Waals surface area (Å²) < 4.78 is 0. The Morgan fingerprint density at radius 3 is 2.78 bits per heavy atom. The van der Waals surface area contributed by atoms with Crippen LogP contribution in [0.3, 0.4) is 0 Å². The molecule has 1 fully saturated rings. The Balaban J connectivity index is 2.51. The predicted molar refractivity (Wildman–Crippen MR) is 70.0 cm³/mol. The van der Waals surface area contributed by atoms with Gasteiger partial charge in [0, 0.05) is 12.1 Å². The molecule has 3 atom stereocenters. The van der Waals surface area contributed by atoms with Crippen molar-refractivity contribution in [1.82, 2.24) is 16.0 Å². The number of nitrogens with one attached hydrogen (secondary N) is 3. The van der Waals surface area contributed by atoms with Gasteiger partial charge in [0.15, 0.2) is 0 Å². The summed E-state index contributed by atoms with van der Waals surface area (Å²) in [5.74, 6) is -0.142. The number of amides is 3. The molecule has 0 aromatic rings. The molecule has 0 spiro atoms. The van der Waals surface area contributed by atoms with Gasteiger partial charge >= 0.3 is 6.03 Å². The maximum Gasteiger partial charge on any atom is 0.312 e. The maximum absolute atomic E-state index is 12.1. The summed E-state index contributed by atoms with van der Waals surface area (Å²) in [5, 5.41) is 8.80. The van der Waals surface area contributed by atoms with Crippen LogP contribution in [-0.2, 0) is 4.79 Å². The first kappa shape index (κ1) is 14.8. The average molecular weight is 256 g/mol. The molecule has 6 nitrogen and oxygen atoms in total. The summed E-state index contributed by atoms with van der Waals surface area (Å²) in [6, 6.07) is -0.793. The second kappa shape index (κ2) is 7.20. The smallest absolute Gasteiger partial charge is 0.312 e. The minimum absolute atomic E-state index is 0.125. The predicted octanol–water partition coefficient (Wildman–Crippen LogP) is 0.0801. The molecule has 3 amide bonds. The quantitative estimate of drug-likeness (QED) is 0.561. The van der Waals surface area contributed by atoms with Crippen LogP contribution in [0.15, 0.2) is 0 Å². The second-order valence-corrected chi connectivity index (χ2v) is 4.85. The molecule has 1 saturated heterocycles. The van der Waals surface area contributed by atoms with Crippen LogP contribution in [-0.4, -0.2) is 36.6 Å². The number of nitrogens with two attached hydrogens (primary N) is 1. The van der Waals surface area contributed by atoms with Crippen molar-refractivity contribution < 1.29 is 9.59 Å². The van der Waals surface area contributed by atoms with Gasteiger partial charge in [-0.25, -0.2) is 4.79 Å². The van der Waals surface area contributed by atoms with Gasteiger partial charge in [-0.2, -0.15) is 0 Å². The first-order valence-corrected chi connectivity index (χ1v) is 6.64. The van der Waals surface area contributed by atoms with Crippen LogP contribution in [0.2, 0.25) is 0 Å². The van der Waals surface area contributed by atoms with Gasteiger partial charge in [0.1, 0.15) is 6.04 Å². The summed E-state index contributed by atoms with van der Waals surface area (Å²) in [5.41, 5.74) is 5.08. The number of urea groups is 1. The third-order valence-electron chi connectivity index (χ3n) is 3.30. The molecule has 0 aliphatic carbocycles. The van der Waals surface area contributed by atoms with Crippen LogP contribution in [0.25, 0.3) is 0 Å². The molecule has 0 aromatic heterocycles. The number of hydrogen-bond donors (Lipinski definition) is 4. The Kier molecular flexibility index (Phi) is 5.91. The lowest BCUT2D eigenvalue weighted by Crippen LogP contribution is -2.56. The van der Waals surface area contributed by atoms with E-state index in [4.69, 9.17) is 5.73 Å². The molecule has 104 valence electrons. The summed E-state index contributed by atoms with van der Waals surface area (Å²) in [6.07, 6.45) is 3.44. The zero-order valence-electron chi connectivity index (χ0n) is 11.2. The number of primary amides is 1. The molecule has 0 aromatic carbocycles. The normalized spacial score (nSPS) is 25.2. The fourth-order valence-electron chi connectivity index (χ4n) is 2.25. The Bertz CT molecular complexity index is 296. The van der Waals surface area contributed by atoms with Crippen LogP contribution in [0, 0.1) is 0 Å². The molecule has 1 aliphatic heterocycles. The van der Waals surface area contributed by atoms with Crippen molar-refractivity contribution in [3.05, 3.63) is 0 Å². The lowest BCUT2D eigenvalue weighted by Gasteiger charge is -2.31. The monoisotopic (exact) mass is 256 g/mol. The van der Waals surface area contributed by atoms with Crippen molar-refractivity contribution in [2.75, 3.05) is 6.54 Å². The molecule has 1 rings (SSSR count). The van der Waals surface area contributed by atoms with E-state index in [1.807, 2.05) is 6.92 Å². The highest BCUT2D eigenvalue weighted by Crippen LogP contribution is 2.09. The largest absolute Gasteiger partial charge is 0.352 e. The van der Waals surface area contributed by atoms with Gasteiger partial charge < -0.3 is 21.7 Å². The van der Waals surface area contributed by atoms with E-state index in [9.17, 15) is 9.59 Å². The lowest BCUT2D eigenvalue weighted by atomic mass is 9.99. The van der Waals surface area contributed by atoms with E-state index in [2.05, 4.69) is 22.9 Å². The number of rotatable bonds is 5. The average Bonchev–Trinajstić information content (AvgIpc) is 2.31. The summed E-state index contributed by atoms with van der Waals surface area (Å²) >= 11 is 0.